The van der Waals surface area contributed by atoms with Crippen molar-refractivity contribution in [2.45, 2.75) is 33.1 Å². The van der Waals surface area contributed by atoms with Gasteiger partial charge in [0.2, 0.25) is 0 Å². The minimum absolute atomic E-state index is 1.21. The van der Waals surface area contributed by atoms with E-state index in [0.717, 1.165) is 0 Å². The summed E-state index contributed by atoms with van der Waals surface area (Å²) in [5, 5.41) is 0. The molecule has 0 aliphatic rings. The van der Waals surface area contributed by atoms with Crippen molar-refractivity contribution in [2.24, 2.45) is 0 Å². The van der Waals surface area contributed by atoms with Crippen molar-refractivity contribution in [3.8, 4) is 0 Å². The standard InChI is InChI=1S/C11H18/c1-3-5-7-9-11-10-8-6-4-2/h3,5,7,9-11H,4,6,8H2,1-2H3/b5-3+,9-7+,11-10+. The Labute approximate surface area is 70.3 Å². The number of unbranched alkanes of at least 4 members (excludes halogenated alkanes) is 2. The van der Waals surface area contributed by atoms with Gasteiger partial charge >= 0.3 is 0 Å². The summed E-state index contributed by atoms with van der Waals surface area (Å²) >= 11 is 0. The Morgan fingerprint density at radius 2 is 1.73 bits per heavy atom. The van der Waals surface area contributed by atoms with Crippen molar-refractivity contribution >= 4 is 0 Å². The topological polar surface area (TPSA) is 0 Å². The molecule has 0 heterocycles. The van der Waals surface area contributed by atoms with Crippen LogP contribution in [0.3, 0.4) is 0 Å². The van der Waals surface area contributed by atoms with Gasteiger partial charge in [-0.1, -0.05) is 56.2 Å². The number of hydrogen-bond donors (Lipinski definition) is 0. The highest BCUT2D eigenvalue weighted by atomic mass is 13.8. The van der Waals surface area contributed by atoms with Crippen LogP contribution in [0.25, 0.3) is 0 Å². The average molecular weight is 150 g/mol. The van der Waals surface area contributed by atoms with E-state index in [1.807, 2.05) is 25.2 Å². The molecule has 62 valence electrons. The minimum atomic E-state index is 1.21. The normalized spacial score (nSPS) is 12.5. The van der Waals surface area contributed by atoms with Crippen LogP contribution in [0.5, 0.6) is 0 Å². The second-order valence-electron chi connectivity index (χ2n) is 2.48. The van der Waals surface area contributed by atoms with Gasteiger partial charge in [-0.25, -0.2) is 0 Å². The second kappa shape index (κ2) is 9.22. The van der Waals surface area contributed by atoms with E-state index in [9.17, 15) is 0 Å². The third-order valence-electron chi connectivity index (χ3n) is 1.39. The van der Waals surface area contributed by atoms with Crippen LogP contribution in [0.2, 0.25) is 0 Å². The van der Waals surface area contributed by atoms with E-state index in [1.54, 1.807) is 0 Å². The monoisotopic (exact) mass is 150 g/mol. The fraction of sp³-hybridized carbons (Fsp3) is 0.455. The van der Waals surface area contributed by atoms with Crippen LogP contribution in [0, 0.1) is 0 Å². The molecule has 0 rings (SSSR count). The molecule has 0 nitrogen and oxygen atoms in total. The number of hydrogen-bond acceptors (Lipinski definition) is 0. The van der Waals surface area contributed by atoms with Crippen LogP contribution < -0.4 is 0 Å². The van der Waals surface area contributed by atoms with E-state index in [2.05, 4.69) is 25.2 Å². The van der Waals surface area contributed by atoms with Crippen molar-refractivity contribution in [2.75, 3.05) is 0 Å². The first-order valence-electron chi connectivity index (χ1n) is 4.36. The van der Waals surface area contributed by atoms with Crippen LogP contribution in [-0.2, 0) is 0 Å². The van der Waals surface area contributed by atoms with Gasteiger partial charge in [-0.2, -0.15) is 0 Å². The lowest BCUT2D eigenvalue weighted by Gasteiger charge is -1.84. The van der Waals surface area contributed by atoms with E-state index in [4.69, 9.17) is 0 Å². The summed E-state index contributed by atoms with van der Waals surface area (Å²) in [6, 6.07) is 0. The molecule has 0 aliphatic heterocycles. The molecule has 0 spiro atoms. The molecule has 0 fully saturated rings. The number of allylic oxidation sites excluding steroid dienone is 6. The molecule has 0 N–H and O–H groups in total. The van der Waals surface area contributed by atoms with Crippen LogP contribution in [0.15, 0.2) is 36.5 Å². The Morgan fingerprint density at radius 3 is 2.36 bits per heavy atom. The Bertz CT molecular complexity index is 138. The molecule has 0 saturated heterocycles. The molecule has 0 unspecified atom stereocenters. The molecule has 0 amide bonds. The fourth-order valence-electron chi connectivity index (χ4n) is 0.736. The first-order chi connectivity index (χ1) is 5.41. The van der Waals surface area contributed by atoms with Gasteiger partial charge in [0.15, 0.2) is 0 Å². The van der Waals surface area contributed by atoms with Crippen LogP contribution in [0.4, 0.5) is 0 Å². The van der Waals surface area contributed by atoms with Crippen molar-refractivity contribution in [3.63, 3.8) is 0 Å². The summed E-state index contributed by atoms with van der Waals surface area (Å²) in [5.41, 5.74) is 0. The van der Waals surface area contributed by atoms with Gasteiger partial charge in [-0.05, 0) is 13.3 Å². The number of rotatable bonds is 5. The molecular formula is C11H18. The van der Waals surface area contributed by atoms with E-state index in [0.29, 0.717) is 0 Å². The lowest BCUT2D eigenvalue weighted by Crippen LogP contribution is -1.64. The lowest BCUT2D eigenvalue weighted by molar-refractivity contribution is 0.815. The van der Waals surface area contributed by atoms with Gasteiger partial charge in [0.05, 0.1) is 0 Å². The maximum absolute atomic E-state index is 2.21. The van der Waals surface area contributed by atoms with Crippen molar-refractivity contribution in [1.29, 1.82) is 0 Å². The molecule has 0 bridgehead atoms. The van der Waals surface area contributed by atoms with Gasteiger partial charge in [-0.3, -0.25) is 0 Å². The predicted octanol–water partition coefficient (Wildman–Crippen LogP) is 3.87. The SMILES string of the molecule is C/C=C/C=C/C=C/CCCC. The van der Waals surface area contributed by atoms with Crippen molar-refractivity contribution in [3.05, 3.63) is 36.5 Å². The highest BCUT2D eigenvalue weighted by molar-refractivity contribution is 5.10. The second-order valence-corrected chi connectivity index (χ2v) is 2.48. The molecule has 0 atom stereocenters. The van der Waals surface area contributed by atoms with E-state index < -0.39 is 0 Å². The zero-order valence-corrected chi connectivity index (χ0v) is 7.59. The first kappa shape index (κ1) is 10.2. The van der Waals surface area contributed by atoms with Crippen LogP contribution >= 0.6 is 0 Å². The van der Waals surface area contributed by atoms with Crippen LogP contribution in [0.1, 0.15) is 33.1 Å². The van der Waals surface area contributed by atoms with Crippen molar-refractivity contribution in [1.82, 2.24) is 0 Å². The molecule has 0 aromatic heterocycles. The summed E-state index contributed by atoms with van der Waals surface area (Å²) in [6.45, 7) is 4.23. The van der Waals surface area contributed by atoms with E-state index >= 15 is 0 Å². The Kier molecular flexibility index (Phi) is 8.57. The highest BCUT2D eigenvalue weighted by Crippen LogP contribution is 1.94. The molecule has 0 saturated carbocycles. The zero-order chi connectivity index (χ0) is 8.36. The Morgan fingerprint density at radius 1 is 1.00 bits per heavy atom. The quantitative estimate of drug-likeness (QED) is 0.412. The maximum Gasteiger partial charge on any atom is -0.0348 e. The molecule has 0 aliphatic carbocycles. The summed E-state index contributed by atoms with van der Waals surface area (Å²) in [7, 11) is 0. The first-order valence-corrected chi connectivity index (χ1v) is 4.36. The minimum Gasteiger partial charge on any atom is -0.0877 e. The third kappa shape index (κ3) is 9.22. The maximum atomic E-state index is 2.21. The molecule has 0 heteroatoms. The largest absolute Gasteiger partial charge is 0.0877 e. The Hall–Kier alpha value is -0.780. The summed E-state index contributed by atoms with van der Waals surface area (Å²) in [6.07, 6.45) is 16.3. The van der Waals surface area contributed by atoms with Gasteiger partial charge in [0.25, 0.3) is 0 Å². The highest BCUT2D eigenvalue weighted by Gasteiger charge is 1.74. The zero-order valence-electron chi connectivity index (χ0n) is 7.59. The van der Waals surface area contributed by atoms with E-state index in [-0.39, 0.29) is 0 Å². The molecule has 0 aromatic rings. The molecule has 0 radical (unpaired) electrons. The van der Waals surface area contributed by atoms with Gasteiger partial charge in [-0.15, -0.1) is 0 Å². The van der Waals surface area contributed by atoms with Crippen LogP contribution in [-0.4, -0.2) is 0 Å². The summed E-state index contributed by atoms with van der Waals surface area (Å²) in [5.74, 6) is 0. The molecular weight excluding hydrogens is 132 g/mol. The smallest absolute Gasteiger partial charge is 0.0348 e. The molecule has 11 heavy (non-hydrogen) atoms. The van der Waals surface area contributed by atoms with Gasteiger partial charge in [0, 0.05) is 0 Å². The average Bonchev–Trinajstić information content (AvgIpc) is 2.03. The Balaban J connectivity index is 3.28. The van der Waals surface area contributed by atoms with Gasteiger partial charge < -0.3 is 0 Å². The molecule has 0 aromatic carbocycles. The fourth-order valence-corrected chi connectivity index (χ4v) is 0.736. The predicted molar refractivity (Wildman–Crippen MR) is 52.6 cm³/mol. The van der Waals surface area contributed by atoms with Gasteiger partial charge in [0.1, 0.15) is 0 Å². The van der Waals surface area contributed by atoms with E-state index in [1.165, 1.54) is 19.3 Å². The third-order valence-corrected chi connectivity index (χ3v) is 1.39. The summed E-state index contributed by atoms with van der Waals surface area (Å²) < 4.78 is 0. The van der Waals surface area contributed by atoms with Crippen molar-refractivity contribution < 1.29 is 0 Å². The summed E-state index contributed by atoms with van der Waals surface area (Å²) in [4.78, 5) is 0. The lowest BCUT2D eigenvalue weighted by atomic mass is 10.2.